The first-order chi connectivity index (χ1) is 13.5. The van der Waals surface area contributed by atoms with Crippen molar-refractivity contribution in [2.75, 3.05) is 13.1 Å². The normalized spacial score (nSPS) is 18.2. The summed E-state index contributed by atoms with van der Waals surface area (Å²) in [6, 6.07) is 3.93. The van der Waals surface area contributed by atoms with Crippen LogP contribution < -0.4 is 20.7 Å². The predicted molar refractivity (Wildman–Crippen MR) is 106 cm³/mol. The van der Waals surface area contributed by atoms with Crippen molar-refractivity contribution < 1.29 is 22.7 Å². The molecule has 1 aromatic carbocycles. The van der Waals surface area contributed by atoms with E-state index in [9.17, 15) is 18.0 Å². The van der Waals surface area contributed by atoms with Crippen molar-refractivity contribution in [3.05, 3.63) is 29.3 Å². The molecule has 0 bridgehead atoms. The van der Waals surface area contributed by atoms with Crippen LogP contribution >= 0.6 is 0 Å². The fourth-order valence-electron chi connectivity index (χ4n) is 2.91. The minimum Gasteiger partial charge on any atom is -0.488 e. The van der Waals surface area contributed by atoms with Gasteiger partial charge in [0.15, 0.2) is 5.96 Å². The van der Waals surface area contributed by atoms with E-state index in [0.717, 1.165) is 6.07 Å². The van der Waals surface area contributed by atoms with Gasteiger partial charge in [0.25, 0.3) is 0 Å². The number of piperidine rings is 1. The van der Waals surface area contributed by atoms with Crippen LogP contribution in [0.3, 0.4) is 0 Å². The summed E-state index contributed by atoms with van der Waals surface area (Å²) in [5, 5.41) is 8.96. The van der Waals surface area contributed by atoms with E-state index in [0.29, 0.717) is 31.9 Å². The molecule has 1 aromatic rings. The quantitative estimate of drug-likeness (QED) is 0.511. The van der Waals surface area contributed by atoms with Crippen LogP contribution in [0.25, 0.3) is 0 Å². The van der Waals surface area contributed by atoms with Crippen LogP contribution in [0.1, 0.15) is 51.7 Å². The highest BCUT2D eigenvalue weighted by Gasteiger charge is 2.34. The molecule has 0 radical (unpaired) electrons. The second-order valence-corrected chi connectivity index (χ2v) is 7.91. The molecule has 1 aliphatic rings. The van der Waals surface area contributed by atoms with Gasteiger partial charge in [-0.15, -0.1) is 0 Å². The monoisotopic (exact) mass is 414 g/mol. The number of aliphatic imine (C=N–C) groups is 1. The highest BCUT2D eigenvalue weighted by Crippen LogP contribution is 2.35. The molecule has 6 nitrogen and oxygen atoms in total. The van der Waals surface area contributed by atoms with Crippen molar-refractivity contribution in [2.24, 2.45) is 4.99 Å². The second kappa shape index (κ2) is 9.37. The lowest BCUT2D eigenvalue weighted by molar-refractivity contribution is -0.138. The Bertz CT molecular complexity index is 732. The van der Waals surface area contributed by atoms with Crippen LogP contribution in [0.5, 0.6) is 5.75 Å². The number of rotatable bonds is 5. The summed E-state index contributed by atoms with van der Waals surface area (Å²) in [6.07, 6.45) is -3.46. The zero-order valence-electron chi connectivity index (χ0n) is 17.2. The van der Waals surface area contributed by atoms with Crippen molar-refractivity contribution in [2.45, 2.75) is 64.9 Å². The molecule has 29 heavy (non-hydrogen) atoms. The zero-order chi connectivity index (χ0) is 21.7. The van der Waals surface area contributed by atoms with Crippen molar-refractivity contribution in [1.29, 1.82) is 0 Å². The fourth-order valence-corrected chi connectivity index (χ4v) is 2.91. The van der Waals surface area contributed by atoms with E-state index < -0.39 is 17.3 Å². The molecule has 3 N–H and O–H groups in total. The minimum absolute atomic E-state index is 0.00243. The van der Waals surface area contributed by atoms with Crippen molar-refractivity contribution >= 4 is 11.9 Å². The van der Waals surface area contributed by atoms with Crippen LogP contribution in [0, 0.1) is 0 Å². The molecule has 0 aliphatic carbocycles. The van der Waals surface area contributed by atoms with Gasteiger partial charge in [-0.3, -0.25) is 4.79 Å². The van der Waals surface area contributed by atoms with Crippen molar-refractivity contribution in [3.8, 4) is 5.75 Å². The zero-order valence-corrected chi connectivity index (χ0v) is 17.2. The Balaban J connectivity index is 2.19. The van der Waals surface area contributed by atoms with E-state index in [1.165, 1.54) is 12.1 Å². The maximum atomic E-state index is 13.6. The van der Waals surface area contributed by atoms with Gasteiger partial charge in [-0.05, 0) is 51.8 Å². The summed E-state index contributed by atoms with van der Waals surface area (Å²) >= 11 is 0. The summed E-state index contributed by atoms with van der Waals surface area (Å²) < 4.78 is 46.3. The minimum atomic E-state index is -4.51. The van der Waals surface area contributed by atoms with Gasteiger partial charge in [-0.25, -0.2) is 4.99 Å². The number of guanidine groups is 1. The first kappa shape index (κ1) is 22.8. The van der Waals surface area contributed by atoms with E-state index in [-0.39, 0.29) is 29.8 Å². The Morgan fingerprint density at radius 1 is 1.31 bits per heavy atom. The van der Waals surface area contributed by atoms with E-state index in [4.69, 9.17) is 4.74 Å². The summed E-state index contributed by atoms with van der Waals surface area (Å²) in [4.78, 5) is 15.6. The van der Waals surface area contributed by atoms with E-state index in [1.54, 1.807) is 20.8 Å². The average molecular weight is 414 g/mol. The summed E-state index contributed by atoms with van der Waals surface area (Å²) in [5.74, 6) is 0.578. The van der Waals surface area contributed by atoms with Gasteiger partial charge in [-0.2, -0.15) is 13.2 Å². The average Bonchev–Trinajstić information content (AvgIpc) is 2.60. The molecule has 0 spiro atoms. The number of carbonyl (C=O) groups is 1. The highest BCUT2D eigenvalue weighted by atomic mass is 19.4. The Morgan fingerprint density at radius 3 is 2.59 bits per heavy atom. The lowest BCUT2D eigenvalue weighted by Gasteiger charge is -2.25. The van der Waals surface area contributed by atoms with Gasteiger partial charge in [0, 0.05) is 25.6 Å². The lowest BCUT2D eigenvalue weighted by Crippen LogP contribution is -2.51. The molecule has 9 heteroatoms. The number of hydrogen-bond acceptors (Lipinski definition) is 3. The van der Waals surface area contributed by atoms with Crippen LogP contribution in [0.15, 0.2) is 23.2 Å². The Labute approximate surface area is 169 Å². The van der Waals surface area contributed by atoms with Gasteiger partial charge in [0.2, 0.25) is 5.91 Å². The molecule has 0 aromatic heterocycles. The first-order valence-corrected chi connectivity index (χ1v) is 9.68. The van der Waals surface area contributed by atoms with Gasteiger partial charge in [0.1, 0.15) is 11.4 Å². The molecule has 162 valence electrons. The smallest absolute Gasteiger partial charge is 0.416 e. The van der Waals surface area contributed by atoms with Crippen molar-refractivity contribution in [3.63, 3.8) is 0 Å². The molecule has 1 aliphatic heterocycles. The predicted octanol–water partition coefficient (Wildman–Crippen LogP) is 3.22. The van der Waals surface area contributed by atoms with Gasteiger partial charge >= 0.3 is 6.18 Å². The number of hydrogen-bond donors (Lipinski definition) is 3. The molecule has 1 saturated heterocycles. The summed E-state index contributed by atoms with van der Waals surface area (Å²) in [5.41, 5.74) is -1.29. The Hall–Kier alpha value is -2.45. The third-order valence-corrected chi connectivity index (χ3v) is 4.17. The molecule has 1 heterocycles. The van der Waals surface area contributed by atoms with E-state index in [2.05, 4.69) is 20.9 Å². The molecule has 1 fully saturated rings. The number of benzene rings is 1. The molecule has 1 atom stereocenters. The second-order valence-electron chi connectivity index (χ2n) is 7.91. The number of ether oxygens (including phenoxy) is 1. The summed E-state index contributed by atoms with van der Waals surface area (Å²) in [6.45, 7) is 8.09. The van der Waals surface area contributed by atoms with E-state index >= 15 is 0 Å². The number of alkyl halides is 3. The SMILES string of the molecule is CCNC(=NCc1ccc(OC(C)(C)C)cc1C(F)(F)F)NC1CCC(=O)NC1. The number of halogens is 3. The van der Waals surface area contributed by atoms with Crippen LogP contribution in [-0.4, -0.2) is 36.6 Å². The lowest BCUT2D eigenvalue weighted by atomic mass is 10.1. The molecule has 1 unspecified atom stereocenters. The molecule has 0 saturated carbocycles. The summed E-state index contributed by atoms with van der Waals surface area (Å²) in [7, 11) is 0. The number of nitrogens with one attached hydrogen (secondary N) is 3. The number of amides is 1. The van der Waals surface area contributed by atoms with Gasteiger partial charge in [0.05, 0.1) is 12.1 Å². The molecule has 2 rings (SSSR count). The van der Waals surface area contributed by atoms with E-state index in [1.807, 2.05) is 6.92 Å². The third kappa shape index (κ3) is 7.47. The first-order valence-electron chi connectivity index (χ1n) is 9.68. The third-order valence-electron chi connectivity index (χ3n) is 4.17. The fraction of sp³-hybridized carbons (Fsp3) is 0.600. The molecular formula is C20H29F3N4O2. The standard InChI is InChI=1S/C20H29F3N4O2/c1-5-24-18(27-14-7-9-17(28)25-12-14)26-11-13-6-8-15(29-19(2,3)4)10-16(13)20(21,22)23/h6,8,10,14H,5,7,9,11-12H2,1-4H3,(H,25,28)(H2,24,26,27). The maximum Gasteiger partial charge on any atom is 0.416 e. The largest absolute Gasteiger partial charge is 0.488 e. The Kier molecular flexibility index (Phi) is 7.37. The highest BCUT2D eigenvalue weighted by molar-refractivity contribution is 5.81. The topological polar surface area (TPSA) is 74.8 Å². The maximum absolute atomic E-state index is 13.6. The van der Waals surface area contributed by atoms with Gasteiger partial charge in [-0.1, -0.05) is 6.07 Å². The van der Waals surface area contributed by atoms with Crippen molar-refractivity contribution in [1.82, 2.24) is 16.0 Å². The molecule has 1 amide bonds. The molecular weight excluding hydrogens is 385 g/mol. The van der Waals surface area contributed by atoms with Crippen LogP contribution in [-0.2, 0) is 17.5 Å². The van der Waals surface area contributed by atoms with Crippen LogP contribution in [0.2, 0.25) is 0 Å². The number of nitrogens with zero attached hydrogens (tertiary/aromatic N) is 1. The Morgan fingerprint density at radius 2 is 2.03 bits per heavy atom. The number of carbonyl (C=O) groups excluding carboxylic acids is 1. The van der Waals surface area contributed by atoms with Gasteiger partial charge < -0.3 is 20.7 Å². The van der Waals surface area contributed by atoms with Crippen LogP contribution in [0.4, 0.5) is 13.2 Å².